The number of hydrogen-bond donors (Lipinski definition) is 0. The summed E-state index contributed by atoms with van der Waals surface area (Å²) in [6.45, 7) is 2.28. The predicted molar refractivity (Wildman–Crippen MR) is 77.6 cm³/mol. The predicted octanol–water partition coefficient (Wildman–Crippen LogP) is 3.10. The van der Waals surface area contributed by atoms with Crippen LogP contribution in [0.15, 0.2) is 60.7 Å². The normalized spacial score (nSPS) is 10.7. The molecule has 0 aliphatic rings. The Morgan fingerprint density at radius 1 is 0.765 bits per heavy atom. The van der Waals surface area contributed by atoms with Crippen molar-refractivity contribution in [1.82, 2.24) is 0 Å². The zero-order valence-electron chi connectivity index (χ0n) is 10.3. The summed E-state index contributed by atoms with van der Waals surface area (Å²) in [5, 5.41) is 1.39. The molecule has 0 aliphatic carbocycles. The van der Waals surface area contributed by atoms with Crippen LogP contribution in [0.25, 0.3) is 0 Å². The van der Waals surface area contributed by atoms with E-state index in [9.17, 15) is 0 Å². The van der Waals surface area contributed by atoms with Gasteiger partial charge >= 0.3 is 109 Å². The van der Waals surface area contributed by atoms with Crippen molar-refractivity contribution in [3.8, 4) is 0 Å². The molecule has 0 nitrogen and oxygen atoms in total. The van der Waals surface area contributed by atoms with E-state index in [1.165, 1.54) is 18.1 Å². The molecule has 0 spiro atoms. The van der Waals surface area contributed by atoms with Crippen LogP contribution in [0.5, 0.6) is 0 Å². The van der Waals surface area contributed by atoms with Crippen molar-refractivity contribution in [3.05, 3.63) is 60.7 Å². The van der Waals surface area contributed by atoms with E-state index in [4.69, 9.17) is 0 Å². The Bertz CT molecular complexity index is 382. The van der Waals surface area contributed by atoms with Gasteiger partial charge in [-0.2, -0.15) is 0 Å². The van der Waals surface area contributed by atoms with Crippen molar-refractivity contribution in [3.63, 3.8) is 0 Å². The average molecular weight is 286 g/mol. The van der Waals surface area contributed by atoms with Gasteiger partial charge in [0.15, 0.2) is 0 Å². The van der Waals surface area contributed by atoms with Gasteiger partial charge in [-0.1, -0.05) is 0 Å². The average Bonchev–Trinajstić information content (AvgIpc) is 2.42. The van der Waals surface area contributed by atoms with Crippen molar-refractivity contribution in [2.75, 3.05) is 0 Å². The van der Waals surface area contributed by atoms with Crippen LogP contribution in [0.4, 0.5) is 0 Å². The topological polar surface area (TPSA) is 0 Å². The molecule has 0 saturated carbocycles. The van der Waals surface area contributed by atoms with Crippen LogP contribution in [0, 0.1) is 0 Å². The number of benzene rings is 2. The van der Waals surface area contributed by atoms with Crippen molar-refractivity contribution < 1.29 is 0 Å². The molecule has 2 rings (SSSR count). The molecule has 88 valence electrons. The van der Waals surface area contributed by atoms with Gasteiger partial charge < -0.3 is 0 Å². The van der Waals surface area contributed by atoms with Gasteiger partial charge in [-0.3, -0.25) is 0 Å². The van der Waals surface area contributed by atoms with Gasteiger partial charge in [0.25, 0.3) is 0 Å². The first-order valence-corrected chi connectivity index (χ1v) is 9.50. The summed E-state index contributed by atoms with van der Waals surface area (Å²) in [5.41, 5.74) is 0. The van der Waals surface area contributed by atoms with Gasteiger partial charge in [0, 0.05) is 0 Å². The van der Waals surface area contributed by atoms with E-state index in [1.807, 2.05) is 0 Å². The van der Waals surface area contributed by atoms with Gasteiger partial charge in [0.2, 0.25) is 0 Å². The van der Waals surface area contributed by atoms with Crippen LogP contribution in [0.3, 0.4) is 0 Å². The third-order valence-electron chi connectivity index (χ3n) is 2.87. The van der Waals surface area contributed by atoms with Crippen LogP contribution in [0.2, 0.25) is 5.21 Å². The molecule has 0 aromatic heterocycles. The Kier molecular flexibility index (Phi) is 4.88. The van der Waals surface area contributed by atoms with E-state index in [-0.39, 0.29) is 0 Å². The molecular formula is C16H19As. The van der Waals surface area contributed by atoms with Crippen molar-refractivity contribution >= 4 is 23.4 Å². The summed E-state index contributed by atoms with van der Waals surface area (Å²) in [7, 11) is 0. The fraction of sp³-hybridized carbons (Fsp3) is 0.250. The first-order valence-electron chi connectivity index (χ1n) is 6.29. The third kappa shape index (κ3) is 3.48. The second kappa shape index (κ2) is 6.67. The van der Waals surface area contributed by atoms with Gasteiger partial charge in [-0.15, -0.1) is 0 Å². The minimum atomic E-state index is -1.04. The Hall–Kier alpha value is -1.00. The van der Waals surface area contributed by atoms with Gasteiger partial charge in [-0.05, 0) is 0 Å². The summed E-state index contributed by atoms with van der Waals surface area (Å²) in [6, 6.07) is 22.1. The molecule has 0 N–H and O–H groups in total. The first-order chi connectivity index (χ1) is 8.42. The van der Waals surface area contributed by atoms with Crippen LogP contribution in [-0.2, 0) is 0 Å². The van der Waals surface area contributed by atoms with E-state index in [0.717, 1.165) is 0 Å². The zero-order valence-corrected chi connectivity index (χ0v) is 12.2. The SMILES string of the molecule is CCCC[As](c1ccccc1)c1ccccc1. The molecule has 0 aliphatic heterocycles. The van der Waals surface area contributed by atoms with E-state index in [1.54, 1.807) is 8.70 Å². The molecule has 0 atom stereocenters. The summed E-state index contributed by atoms with van der Waals surface area (Å²) >= 11 is -1.04. The molecule has 0 radical (unpaired) electrons. The molecule has 0 saturated heterocycles. The van der Waals surface area contributed by atoms with E-state index in [2.05, 4.69) is 67.6 Å². The molecule has 1 heteroatoms. The summed E-state index contributed by atoms with van der Waals surface area (Å²) in [4.78, 5) is 0. The van der Waals surface area contributed by atoms with Crippen molar-refractivity contribution in [2.45, 2.75) is 25.0 Å². The van der Waals surface area contributed by atoms with E-state index < -0.39 is 14.7 Å². The quantitative estimate of drug-likeness (QED) is 0.741. The van der Waals surface area contributed by atoms with E-state index in [0.29, 0.717) is 0 Å². The summed E-state index contributed by atoms with van der Waals surface area (Å²) in [5.74, 6) is 0. The summed E-state index contributed by atoms with van der Waals surface area (Å²) < 4.78 is 3.17. The van der Waals surface area contributed by atoms with E-state index >= 15 is 0 Å². The van der Waals surface area contributed by atoms with Crippen LogP contribution in [0.1, 0.15) is 19.8 Å². The fourth-order valence-electron chi connectivity index (χ4n) is 1.94. The monoisotopic (exact) mass is 286 g/mol. The van der Waals surface area contributed by atoms with Crippen LogP contribution < -0.4 is 8.70 Å². The van der Waals surface area contributed by atoms with Gasteiger partial charge in [-0.25, -0.2) is 0 Å². The van der Waals surface area contributed by atoms with Crippen molar-refractivity contribution in [1.29, 1.82) is 0 Å². The molecule has 0 amide bonds. The molecule has 2 aromatic carbocycles. The number of unbranched alkanes of at least 4 members (excludes halogenated alkanes) is 1. The van der Waals surface area contributed by atoms with Gasteiger partial charge in [0.1, 0.15) is 0 Å². The molecule has 0 heterocycles. The standard InChI is InChI=1S/C16H19As/c1-2-3-14-17(15-10-6-4-7-11-15)16-12-8-5-9-13-16/h4-13H,2-3,14H2,1H3. The molecule has 0 bridgehead atoms. The van der Waals surface area contributed by atoms with Gasteiger partial charge in [0.05, 0.1) is 0 Å². The Balaban J connectivity index is 2.26. The second-order valence-electron chi connectivity index (χ2n) is 4.18. The molecule has 2 aromatic rings. The molecule has 0 fully saturated rings. The summed E-state index contributed by atoms with van der Waals surface area (Å²) in [6.07, 6.45) is 2.65. The molecular weight excluding hydrogens is 267 g/mol. The number of rotatable bonds is 5. The molecule has 17 heavy (non-hydrogen) atoms. The second-order valence-corrected chi connectivity index (χ2v) is 9.08. The Morgan fingerprint density at radius 3 is 1.65 bits per heavy atom. The van der Waals surface area contributed by atoms with Crippen LogP contribution >= 0.6 is 0 Å². The molecule has 0 unspecified atom stereocenters. The zero-order chi connectivity index (χ0) is 11.9. The maximum absolute atomic E-state index is 2.31. The minimum absolute atomic E-state index is 1.04. The van der Waals surface area contributed by atoms with Crippen LogP contribution in [-0.4, -0.2) is 14.7 Å². The third-order valence-corrected chi connectivity index (χ3v) is 8.34. The number of hydrogen-bond acceptors (Lipinski definition) is 0. The Morgan fingerprint density at radius 2 is 1.24 bits per heavy atom. The Labute approximate surface area is 109 Å². The first kappa shape index (κ1) is 12.5. The fourth-order valence-corrected chi connectivity index (χ4v) is 7.21. The van der Waals surface area contributed by atoms with Crippen molar-refractivity contribution in [2.24, 2.45) is 0 Å². The maximum atomic E-state index is 2.31.